The standard InChI is InChI=1S/C10H16O4/c1-2-3-4-5-6-8(10(13)14)7-9(11)12/h7H,2-6H2,1H3,(H,11,12)(H,13,14)/b8-7+. The van der Waals surface area contributed by atoms with E-state index in [1.165, 1.54) is 0 Å². The summed E-state index contributed by atoms with van der Waals surface area (Å²) < 4.78 is 0. The Kier molecular flexibility index (Phi) is 6.45. The van der Waals surface area contributed by atoms with Gasteiger partial charge >= 0.3 is 11.9 Å². The zero-order valence-electron chi connectivity index (χ0n) is 8.32. The monoisotopic (exact) mass is 200 g/mol. The number of hydrogen-bond acceptors (Lipinski definition) is 2. The van der Waals surface area contributed by atoms with Gasteiger partial charge in [0.05, 0.1) is 0 Å². The summed E-state index contributed by atoms with van der Waals surface area (Å²) in [7, 11) is 0. The molecule has 0 aromatic carbocycles. The van der Waals surface area contributed by atoms with Gasteiger partial charge in [-0.05, 0) is 12.8 Å². The van der Waals surface area contributed by atoms with Crippen molar-refractivity contribution in [3.05, 3.63) is 11.6 Å². The minimum atomic E-state index is -1.20. The Hall–Kier alpha value is -1.32. The van der Waals surface area contributed by atoms with E-state index in [0.717, 1.165) is 31.8 Å². The van der Waals surface area contributed by atoms with E-state index in [1.54, 1.807) is 0 Å². The molecule has 0 radical (unpaired) electrons. The maximum atomic E-state index is 10.6. The van der Waals surface area contributed by atoms with Crippen molar-refractivity contribution >= 4 is 11.9 Å². The Morgan fingerprint density at radius 2 is 1.79 bits per heavy atom. The van der Waals surface area contributed by atoms with Crippen molar-refractivity contribution in [2.45, 2.75) is 39.0 Å². The summed E-state index contributed by atoms with van der Waals surface area (Å²) in [6, 6.07) is 0. The van der Waals surface area contributed by atoms with E-state index in [0.29, 0.717) is 6.42 Å². The van der Waals surface area contributed by atoms with Crippen LogP contribution in [0.2, 0.25) is 0 Å². The highest BCUT2D eigenvalue weighted by Crippen LogP contribution is 2.10. The fraction of sp³-hybridized carbons (Fsp3) is 0.600. The number of carboxylic acid groups (broad SMARTS) is 2. The van der Waals surface area contributed by atoms with Gasteiger partial charge in [0.1, 0.15) is 0 Å². The molecule has 0 saturated heterocycles. The first-order valence-electron chi connectivity index (χ1n) is 4.74. The molecule has 0 bridgehead atoms. The molecule has 0 atom stereocenters. The topological polar surface area (TPSA) is 74.6 Å². The van der Waals surface area contributed by atoms with Crippen molar-refractivity contribution in [3.8, 4) is 0 Å². The second kappa shape index (κ2) is 7.12. The van der Waals surface area contributed by atoms with Crippen LogP contribution in [-0.2, 0) is 9.59 Å². The van der Waals surface area contributed by atoms with Gasteiger partial charge in [0.15, 0.2) is 0 Å². The van der Waals surface area contributed by atoms with E-state index < -0.39 is 11.9 Å². The molecule has 0 spiro atoms. The van der Waals surface area contributed by atoms with Crippen molar-refractivity contribution in [2.24, 2.45) is 0 Å². The molecule has 0 saturated carbocycles. The maximum Gasteiger partial charge on any atom is 0.331 e. The normalized spacial score (nSPS) is 11.4. The fourth-order valence-electron chi connectivity index (χ4n) is 1.13. The summed E-state index contributed by atoms with van der Waals surface area (Å²) in [5.74, 6) is -2.33. The van der Waals surface area contributed by atoms with Crippen LogP contribution in [0.5, 0.6) is 0 Å². The summed E-state index contributed by atoms with van der Waals surface area (Å²) in [5, 5.41) is 17.0. The molecule has 0 amide bonds. The average Bonchev–Trinajstić information content (AvgIpc) is 2.09. The summed E-state index contributed by atoms with van der Waals surface area (Å²) in [4.78, 5) is 20.8. The summed E-state index contributed by atoms with van der Waals surface area (Å²) in [5.41, 5.74) is -0.0198. The van der Waals surface area contributed by atoms with Crippen molar-refractivity contribution < 1.29 is 19.8 Å². The average molecular weight is 200 g/mol. The number of carbonyl (C=O) groups is 2. The highest BCUT2D eigenvalue weighted by molar-refractivity contribution is 5.94. The molecular formula is C10H16O4. The quantitative estimate of drug-likeness (QED) is 0.487. The van der Waals surface area contributed by atoms with Crippen LogP contribution in [0, 0.1) is 0 Å². The third-order valence-corrected chi connectivity index (χ3v) is 1.87. The predicted octanol–water partition coefficient (Wildman–Crippen LogP) is 2.05. The lowest BCUT2D eigenvalue weighted by Gasteiger charge is -2.00. The Morgan fingerprint density at radius 1 is 1.14 bits per heavy atom. The van der Waals surface area contributed by atoms with Gasteiger partial charge in [0.25, 0.3) is 0 Å². The summed E-state index contributed by atoms with van der Waals surface area (Å²) in [6.45, 7) is 2.06. The smallest absolute Gasteiger partial charge is 0.331 e. The molecule has 4 heteroatoms. The van der Waals surface area contributed by atoms with E-state index in [2.05, 4.69) is 6.92 Å². The van der Waals surface area contributed by atoms with Crippen LogP contribution in [0.1, 0.15) is 39.0 Å². The molecule has 0 rings (SSSR count). The maximum absolute atomic E-state index is 10.6. The third kappa shape index (κ3) is 6.22. The van der Waals surface area contributed by atoms with Gasteiger partial charge in [0.2, 0.25) is 0 Å². The predicted molar refractivity (Wildman–Crippen MR) is 52.1 cm³/mol. The zero-order chi connectivity index (χ0) is 11.0. The number of rotatable bonds is 7. The lowest BCUT2D eigenvalue weighted by Crippen LogP contribution is -2.04. The lowest BCUT2D eigenvalue weighted by atomic mass is 10.1. The molecule has 0 fully saturated rings. The fourth-order valence-corrected chi connectivity index (χ4v) is 1.13. The Labute approximate surface area is 83.2 Å². The number of aliphatic carboxylic acids is 2. The Balaban J connectivity index is 3.99. The highest BCUT2D eigenvalue weighted by atomic mass is 16.4. The molecule has 0 aliphatic heterocycles. The minimum Gasteiger partial charge on any atom is -0.478 e. The van der Waals surface area contributed by atoms with Gasteiger partial charge in [-0.1, -0.05) is 26.2 Å². The van der Waals surface area contributed by atoms with Crippen LogP contribution in [0.3, 0.4) is 0 Å². The Morgan fingerprint density at radius 3 is 2.21 bits per heavy atom. The van der Waals surface area contributed by atoms with Crippen molar-refractivity contribution in [2.75, 3.05) is 0 Å². The lowest BCUT2D eigenvalue weighted by molar-refractivity contribution is -0.135. The number of unbranched alkanes of at least 4 members (excludes halogenated alkanes) is 3. The van der Waals surface area contributed by atoms with Gasteiger partial charge < -0.3 is 10.2 Å². The molecule has 14 heavy (non-hydrogen) atoms. The SMILES string of the molecule is CCCCCC/C(=C\C(=O)O)C(=O)O. The van der Waals surface area contributed by atoms with Crippen LogP contribution in [0.4, 0.5) is 0 Å². The van der Waals surface area contributed by atoms with Crippen LogP contribution >= 0.6 is 0 Å². The molecule has 0 aromatic heterocycles. The minimum absolute atomic E-state index is 0.0198. The number of carboxylic acids is 2. The first kappa shape index (κ1) is 12.7. The van der Waals surface area contributed by atoms with Crippen molar-refractivity contribution in [1.29, 1.82) is 0 Å². The van der Waals surface area contributed by atoms with E-state index in [-0.39, 0.29) is 5.57 Å². The third-order valence-electron chi connectivity index (χ3n) is 1.87. The number of hydrogen-bond donors (Lipinski definition) is 2. The van der Waals surface area contributed by atoms with Gasteiger partial charge in [-0.2, -0.15) is 0 Å². The molecular weight excluding hydrogens is 184 g/mol. The van der Waals surface area contributed by atoms with Crippen molar-refractivity contribution in [1.82, 2.24) is 0 Å². The van der Waals surface area contributed by atoms with E-state index in [1.807, 2.05) is 0 Å². The zero-order valence-corrected chi connectivity index (χ0v) is 8.32. The first-order chi connectivity index (χ1) is 6.57. The molecule has 0 aliphatic rings. The molecule has 80 valence electrons. The summed E-state index contributed by atoms with van der Waals surface area (Å²) in [6.07, 6.45) is 4.92. The molecule has 0 aromatic rings. The van der Waals surface area contributed by atoms with Gasteiger partial charge in [0, 0.05) is 11.6 Å². The summed E-state index contributed by atoms with van der Waals surface area (Å²) >= 11 is 0. The first-order valence-corrected chi connectivity index (χ1v) is 4.74. The van der Waals surface area contributed by atoms with Gasteiger partial charge in [-0.25, -0.2) is 9.59 Å². The van der Waals surface area contributed by atoms with Crippen molar-refractivity contribution in [3.63, 3.8) is 0 Å². The van der Waals surface area contributed by atoms with Gasteiger partial charge in [-0.3, -0.25) is 0 Å². The van der Waals surface area contributed by atoms with E-state index >= 15 is 0 Å². The molecule has 0 unspecified atom stereocenters. The Bertz CT molecular complexity index is 230. The second-order valence-corrected chi connectivity index (χ2v) is 3.12. The second-order valence-electron chi connectivity index (χ2n) is 3.12. The largest absolute Gasteiger partial charge is 0.478 e. The highest BCUT2D eigenvalue weighted by Gasteiger charge is 2.08. The molecule has 4 nitrogen and oxygen atoms in total. The van der Waals surface area contributed by atoms with Crippen LogP contribution in [0.25, 0.3) is 0 Å². The molecule has 0 heterocycles. The molecule has 2 N–H and O–H groups in total. The van der Waals surface area contributed by atoms with Crippen LogP contribution in [-0.4, -0.2) is 22.2 Å². The van der Waals surface area contributed by atoms with Gasteiger partial charge in [-0.15, -0.1) is 0 Å². The van der Waals surface area contributed by atoms with Crippen LogP contribution < -0.4 is 0 Å². The molecule has 0 aliphatic carbocycles. The van der Waals surface area contributed by atoms with Crippen LogP contribution in [0.15, 0.2) is 11.6 Å². The van der Waals surface area contributed by atoms with E-state index in [4.69, 9.17) is 10.2 Å². The van der Waals surface area contributed by atoms with E-state index in [9.17, 15) is 9.59 Å².